The molecule has 1 fully saturated rings. The van der Waals surface area contributed by atoms with Gasteiger partial charge >= 0.3 is 0 Å². The van der Waals surface area contributed by atoms with Crippen LogP contribution in [0.2, 0.25) is 0 Å². The first kappa shape index (κ1) is 19.9. The lowest BCUT2D eigenvalue weighted by Crippen LogP contribution is -2.48. The van der Waals surface area contributed by atoms with Gasteiger partial charge in [-0.05, 0) is 48.0 Å². The summed E-state index contributed by atoms with van der Waals surface area (Å²) in [5, 5.41) is 2.82. The Morgan fingerprint density at radius 3 is 2.28 bits per heavy atom. The molecule has 0 atom stereocenters. The van der Waals surface area contributed by atoms with Crippen LogP contribution in [0.5, 0.6) is 5.75 Å². The summed E-state index contributed by atoms with van der Waals surface area (Å²) in [6, 6.07) is 24.8. The number of hydrogen-bond acceptors (Lipinski definition) is 4. The van der Waals surface area contributed by atoms with Gasteiger partial charge in [0.05, 0.1) is 5.69 Å². The number of amides is 2. The van der Waals surface area contributed by atoms with E-state index in [2.05, 4.69) is 22.3 Å². The lowest BCUT2D eigenvalue weighted by atomic mass is 10.1. The summed E-state index contributed by atoms with van der Waals surface area (Å²) in [5.41, 5.74) is 3.27. The highest BCUT2D eigenvalue weighted by Crippen LogP contribution is 2.30. The number of rotatable bonds is 3. The zero-order valence-electron chi connectivity index (χ0n) is 17.5. The Bertz CT molecular complexity index is 1160. The molecule has 0 spiro atoms. The second kappa shape index (κ2) is 8.59. The number of fused-ring (bicyclic) bond motifs is 1. The number of nitrogens with zero attached hydrogens (tertiary/aromatic N) is 2. The number of ether oxygens (including phenoxy) is 1. The van der Waals surface area contributed by atoms with E-state index >= 15 is 0 Å². The van der Waals surface area contributed by atoms with Gasteiger partial charge in [0.25, 0.3) is 11.8 Å². The average molecular weight is 425 g/mol. The predicted molar refractivity (Wildman–Crippen MR) is 125 cm³/mol. The van der Waals surface area contributed by atoms with Crippen molar-refractivity contribution in [2.45, 2.75) is 0 Å². The number of piperazine rings is 1. The van der Waals surface area contributed by atoms with Gasteiger partial charge in [0, 0.05) is 37.4 Å². The molecule has 0 radical (unpaired) electrons. The van der Waals surface area contributed by atoms with Crippen molar-refractivity contribution in [3.63, 3.8) is 0 Å². The summed E-state index contributed by atoms with van der Waals surface area (Å²) in [7, 11) is 0. The number of benzene rings is 3. The van der Waals surface area contributed by atoms with Crippen molar-refractivity contribution >= 4 is 29.3 Å². The van der Waals surface area contributed by atoms with Crippen LogP contribution >= 0.6 is 0 Å². The average Bonchev–Trinajstić information content (AvgIpc) is 2.85. The Balaban J connectivity index is 1.24. The Morgan fingerprint density at radius 2 is 1.53 bits per heavy atom. The molecule has 0 saturated carbocycles. The third kappa shape index (κ3) is 4.07. The maximum atomic E-state index is 12.9. The van der Waals surface area contributed by atoms with E-state index in [4.69, 9.17) is 4.74 Å². The molecule has 1 N–H and O–H groups in total. The molecule has 160 valence electrons. The van der Waals surface area contributed by atoms with Crippen LogP contribution in [0.1, 0.15) is 15.9 Å². The number of para-hydroxylation sites is 3. The number of carbonyl (C=O) groups excluding carboxylic acids is 2. The van der Waals surface area contributed by atoms with Crippen LogP contribution in [0, 0.1) is 0 Å². The van der Waals surface area contributed by atoms with E-state index in [0.29, 0.717) is 30.1 Å². The second-order valence-corrected chi connectivity index (χ2v) is 7.80. The molecule has 6 heteroatoms. The van der Waals surface area contributed by atoms with Crippen LogP contribution < -0.4 is 15.0 Å². The van der Waals surface area contributed by atoms with Crippen molar-refractivity contribution in [2.24, 2.45) is 0 Å². The zero-order chi connectivity index (χ0) is 21.9. The predicted octanol–water partition coefficient (Wildman–Crippen LogP) is 4.02. The summed E-state index contributed by atoms with van der Waals surface area (Å²) in [5.74, 6) is 0.567. The fourth-order valence-electron chi connectivity index (χ4n) is 3.97. The van der Waals surface area contributed by atoms with E-state index in [1.807, 2.05) is 53.4 Å². The van der Waals surface area contributed by atoms with E-state index in [1.54, 1.807) is 24.3 Å². The number of nitrogens with one attached hydrogen (secondary N) is 1. The Kier molecular flexibility index (Phi) is 5.34. The molecule has 2 aliphatic rings. The van der Waals surface area contributed by atoms with Crippen molar-refractivity contribution in [1.29, 1.82) is 0 Å². The van der Waals surface area contributed by atoms with Crippen molar-refractivity contribution in [1.82, 2.24) is 4.90 Å². The largest absolute Gasteiger partial charge is 0.449 e. The second-order valence-electron chi connectivity index (χ2n) is 7.80. The first-order valence-electron chi connectivity index (χ1n) is 10.7. The molecule has 2 aliphatic heterocycles. The van der Waals surface area contributed by atoms with Crippen LogP contribution in [0.25, 0.3) is 6.08 Å². The van der Waals surface area contributed by atoms with Crippen molar-refractivity contribution < 1.29 is 14.3 Å². The maximum Gasteiger partial charge on any atom is 0.291 e. The van der Waals surface area contributed by atoms with Crippen molar-refractivity contribution in [3.8, 4) is 5.75 Å². The topological polar surface area (TPSA) is 61.9 Å². The van der Waals surface area contributed by atoms with Gasteiger partial charge in [-0.2, -0.15) is 0 Å². The van der Waals surface area contributed by atoms with Crippen LogP contribution in [0.3, 0.4) is 0 Å². The van der Waals surface area contributed by atoms with E-state index in [1.165, 1.54) is 5.69 Å². The van der Waals surface area contributed by atoms with E-state index in [-0.39, 0.29) is 17.6 Å². The molecular formula is C26H23N3O3. The Hall–Kier alpha value is -4.06. The van der Waals surface area contributed by atoms with Gasteiger partial charge < -0.3 is 19.9 Å². The first-order chi connectivity index (χ1) is 15.7. The molecule has 0 aromatic heterocycles. The quantitative estimate of drug-likeness (QED) is 0.644. The minimum absolute atomic E-state index is 0.0255. The molecule has 3 aromatic rings. The number of hydrogen-bond donors (Lipinski definition) is 1. The molecule has 6 nitrogen and oxygen atoms in total. The van der Waals surface area contributed by atoms with Crippen molar-refractivity contribution in [3.05, 3.63) is 95.7 Å². The lowest BCUT2D eigenvalue weighted by Gasteiger charge is -2.36. The molecule has 2 heterocycles. The minimum Gasteiger partial charge on any atom is -0.449 e. The summed E-state index contributed by atoms with van der Waals surface area (Å²) < 4.78 is 5.74. The standard InChI is InChI=1S/C26H23N3O3/c30-25-24(32-23-9-5-4-8-22(23)27-25)18-19-10-12-20(13-11-19)26(31)29-16-14-28(15-17-29)21-6-2-1-3-7-21/h1-13,18H,14-17H2,(H,27,30). The monoisotopic (exact) mass is 425 g/mol. The van der Waals surface area contributed by atoms with Crippen LogP contribution in [0.4, 0.5) is 11.4 Å². The molecule has 0 bridgehead atoms. The smallest absolute Gasteiger partial charge is 0.291 e. The SMILES string of the molecule is O=C1Nc2ccccc2OC1=Cc1ccc(C(=O)N2CCN(c3ccccc3)CC2)cc1. The summed E-state index contributed by atoms with van der Waals surface area (Å²) in [6.07, 6.45) is 1.68. The fraction of sp³-hybridized carbons (Fsp3) is 0.154. The van der Waals surface area contributed by atoms with E-state index < -0.39 is 0 Å². The first-order valence-corrected chi connectivity index (χ1v) is 10.7. The lowest BCUT2D eigenvalue weighted by molar-refractivity contribution is -0.115. The highest BCUT2D eigenvalue weighted by atomic mass is 16.5. The van der Waals surface area contributed by atoms with Gasteiger partial charge in [-0.15, -0.1) is 0 Å². The fourth-order valence-corrected chi connectivity index (χ4v) is 3.97. The third-order valence-corrected chi connectivity index (χ3v) is 5.72. The van der Waals surface area contributed by atoms with E-state index in [0.717, 1.165) is 18.7 Å². The molecule has 0 aliphatic carbocycles. The van der Waals surface area contributed by atoms with Gasteiger partial charge in [-0.3, -0.25) is 9.59 Å². The Morgan fingerprint density at radius 1 is 0.844 bits per heavy atom. The Labute approximate surface area is 186 Å². The van der Waals surface area contributed by atoms with Crippen LogP contribution in [-0.2, 0) is 4.79 Å². The highest BCUT2D eigenvalue weighted by Gasteiger charge is 2.23. The maximum absolute atomic E-state index is 12.9. The van der Waals surface area contributed by atoms with Crippen LogP contribution in [-0.4, -0.2) is 42.9 Å². The van der Waals surface area contributed by atoms with E-state index in [9.17, 15) is 9.59 Å². The molecule has 3 aromatic carbocycles. The summed E-state index contributed by atoms with van der Waals surface area (Å²) in [6.45, 7) is 3.00. The third-order valence-electron chi connectivity index (χ3n) is 5.72. The van der Waals surface area contributed by atoms with Gasteiger partial charge in [-0.25, -0.2) is 0 Å². The summed E-state index contributed by atoms with van der Waals surface area (Å²) in [4.78, 5) is 29.4. The summed E-state index contributed by atoms with van der Waals surface area (Å²) >= 11 is 0. The molecule has 1 saturated heterocycles. The molecule has 5 rings (SSSR count). The molecule has 0 unspecified atom stereocenters. The van der Waals surface area contributed by atoms with Gasteiger partial charge in [0.2, 0.25) is 0 Å². The molecule has 32 heavy (non-hydrogen) atoms. The van der Waals surface area contributed by atoms with Crippen LogP contribution in [0.15, 0.2) is 84.6 Å². The van der Waals surface area contributed by atoms with Gasteiger partial charge in [0.15, 0.2) is 11.5 Å². The normalized spacial score (nSPS) is 16.9. The number of carbonyl (C=O) groups is 2. The van der Waals surface area contributed by atoms with Gasteiger partial charge in [0.1, 0.15) is 0 Å². The molecular weight excluding hydrogens is 402 g/mol. The highest BCUT2D eigenvalue weighted by molar-refractivity contribution is 6.08. The molecule has 2 amide bonds. The van der Waals surface area contributed by atoms with Gasteiger partial charge in [-0.1, -0.05) is 42.5 Å². The number of anilines is 2. The minimum atomic E-state index is -0.292. The zero-order valence-corrected chi connectivity index (χ0v) is 17.5. The van der Waals surface area contributed by atoms with Crippen molar-refractivity contribution in [2.75, 3.05) is 36.4 Å².